The number of amides is 1. The van der Waals surface area contributed by atoms with Gasteiger partial charge in [-0.05, 0) is 42.0 Å². The fourth-order valence-electron chi connectivity index (χ4n) is 3.98. The van der Waals surface area contributed by atoms with Crippen molar-refractivity contribution in [3.8, 4) is 11.3 Å². The van der Waals surface area contributed by atoms with Gasteiger partial charge in [0.25, 0.3) is 5.91 Å². The van der Waals surface area contributed by atoms with Crippen LogP contribution in [0.4, 0.5) is 18.9 Å². The second kappa shape index (κ2) is 11.3. The zero-order valence-corrected chi connectivity index (χ0v) is 19.7. The maximum atomic E-state index is 12.0. The van der Waals surface area contributed by atoms with Gasteiger partial charge >= 0.3 is 12.1 Å². The zero-order chi connectivity index (χ0) is 26.4. The molecule has 0 aliphatic carbocycles. The van der Waals surface area contributed by atoms with Crippen molar-refractivity contribution in [2.24, 2.45) is 0 Å². The molecule has 1 amide bonds. The molecule has 4 heterocycles. The number of H-pyrrole nitrogens is 1. The van der Waals surface area contributed by atoms with Gasteiger partial charge in [0.1, 0.15) is 0 Å². The molecule has 0 atom stereocenters. The smallest absolute Gasteiger partial charge is 0.475 e. The molecule has 2 aliphatic heterocycles. The number of hydrogen-bond acceptors (Lipinski definition) is 5. The summed E-state index contributed by atoms with van der Waals surface area (Å²) in [6.07, 6.45) is 1.66. The Kier molecular flexibility index (Phi) is 7.92. The van der Waals surface area contributed by atoms with Crippen LogP contribution < -0.4 is 10.2 Å². The second-order valence-corrected chi connectivity index (χ2v) is 8.38. The molecule has 2 aromatic heterocycles. The maximum absolute atomic E-state index is 12.0. The molecule has 11 heteroatoms. The maximum Gasteiger partial charge on any atom is 0.490 e. The molecule has 3 N–H and O–H groups in total. The summed E-state index contributed by atoms with van der Waals surface area (Å²) >= 11 is 0. The van der Waals surface area contributed by atoms with E-state index in [0.717, 1.165) is 66.5 Å². The van der Waals surface area contributed by atoms with E-state index in [1.54, 1.807) is 6.20 Å². The van der Waals surface area contributed by atoms with Crippen LogP contribution in [0.15, 0.2) is 48.7 Å². The largest absolute Gasteiger partial charge is 0.490 e. The van der Waals surface area contributed by atoms with Crippen LogP contribution in [-0.2, 0) is 16.0 Å². The van der Waals surface area contributed by atoms with Gasteiger partial charge in [-0.1, -0.05) is 18.2 Å². The first-order valence-corrected chi connectivity index (χ1v) is 11.6. The first-order chi connectivity index (χ1) is 17.7. The number of carbonyl (C=O) groups is 2. The number of nitrogens with zero attached hydrogens (tertiary/aromatic N) is 2. The highest BCUT2D eigenvalue weighted by Crippen LogP contribution is 2.25. The Morgan fingerprint density at radius 2 is 1.86 bits per heavy atom. The number of nitrogens with one attached hydrogen (secondary N) is 2. The minimum absolute atomic E-state index is 0.00641. The van der Waals surface area contributed by atoms with Crippen molar-refractivity contribution in [3.63, 3.8) is 0 Å². The average Bonchev–Trinajstić information content (AvgIpc) is 3.34. The number of carboxylic acids is 1. The van der Waals surface area contributed by atoms with Crippen molar-refractivity contribution in [3.05, 3.63) is 71.2 Å². The van der Waals surface area contributed by atoms with E-state index in [9.17, 15) is 18.0 Å². The number of benzene rings is 1. The third-order valence-corrected chi connectivity index (χ3v) is 5.83. The van der Waals surface area contributed by atoms with Gasteiger partial charge in [-0.3, -0.25) is 9.78 Å². The van der Waals surface area contributed by atoms with E-state index >= 15 is 0 Å². The van der Waals surface area contributed by atoms with Crippen LogP contribution in [0.3, 0.4) is 0 Å². The predicted molar refractivity (Wildman–Crippen MR) is 132 cm³/mol. The fraction of sp³-hybridized carbons (Fsp3) is 0.269. The van der Waals surface area contributed by atoms with Gasteiger partial charge in [0.15, 0.2) is 0 Å². The number of alkyl halides is 3. The molecule has 3 aromatic rings. The molecule has 0 spiro atoms. The van der Waals surface area contributed by atoms with Gasteiger partial charge in [-0.15, -0.1) is 0 Å². The van der Waals surface area contributed by atoms with Gasteiger partial charge in [0.2, 0.25) is 0 Å². The van der Waals surface area contributed by atoms with Crippen molar-refractivity contribution < 1.29 is 32.6 Å². The first kappa shape index (κ1) is 26.0. The number of morpholine rings is 1. The van der Waals surface area contributed by atoms with Gasteiger partial charge in [0, 0.05) is 54.9 Å². The standard InChI is InChI=1S/C24H24N4O2.C2HF3O2/c29-24-21-16-23(27-22(21)7-9-26-24)18-6-8-25-19(15-18)5-4-17-2-1-3-20(14-17)28-10-12-30-13-11-28;3-2(4,5)1(6)7/h1-6,8,14-16,27H,7,9-13H2,(H,26,29);(H,6,7). The minimum Gasteiger partial charge on any atom is -0.475 e. The van der Waals surface area contributed by atoms with Crippen molar-refractivity contribution in [2.45, 2.75) is 12.6 Å². The number of hydrogen-bond donors (Lipinski definition) is 3. The van der Waals surface area contributed by atoms with E-state index in [2.05, 4.69) is 50.5 Å². The molecule has 1 fully saturated rings. The van der Waals surface area contributed by atoms with Crippen LogP contribution in [0, 0.1) is 0 Å². The Bertz CT molecular complexity index is 1300. The van der Waals surface area contributed by atoms with Gasteiger partial charge in [-0.25, -0.2) is 4.79 Å². The van der Waals surface area contributed by atoms with Crippen LogP contribution in [0.25, 0.3) is 23.4 Å². The van der Waals surface area contributed by atoms with E-state index in [4.69, 9.17) is 14.6 Å². The van der Waals surface area contributed by atoms with E-state index in [1.165, 1.54) is 5.69 Å². The molecule has 0 unspecified atom stereocenters. The third-order valence-electron chi connectivity index (χ3n) is 5.83. The van der Waals surface area contributed by atoms with Crippen molar-refractivity contribution in [1.82, 2.24) is 15.3 Å². The summed E-state index contributed by atoms with van der Waals surface area (Å²) < 4.78 is 37.2. The molecule has 0 radical (unpaired) electrons. The Hall–Kier alpha value is -4.12. The lowest BCUT2D eigenvalue weighted by atomic mass is 10.1. The number of carbonyl (C=O) groups excluding carboxylic acids is 1. The molecule has 1 aromatic carbocycles. The predicted octanol–water partition coefficient (Wildman–Crippen LogP) is 4.00. The number of ether oxygens (including phenoxy) is 1. The second-order valence-electron chi connectivity index (χ2n) is 8.38. The number of carboxylic acid groups (broad SMARTS) is 1. The molecule has 5 rings (SSSR count). The van der Waals surface area contributed by atoms with Crippen LogP contribution in [0.5, 0.6) is 0 Å². The van der Waals surface area contributed by atoms with Crippen LogP contribution in [0.1, 0.15) is 27.3 Å². The number of pyridine rings is 1. The molecule has 194 valence electrons. The molecular formula is C26H25F3N4O4. The summed E-state index contributed by atoms with van der Waals surface area (Å²) in [4.78, 5) is 31.2. The molecule has 8 nitrogen and oxygen atoms in total. The Morgan fingerprint density at radius 3 is 2.57 bits per heavy atom. The van der Waals surface area contributed by atoms with E-state index < -0.39 is 12.1 Å². The lowest BCUT2D eigenvalue weighted by molar-refractivity contribution is -0.192. The normalized spacial score (nSPS) is 15.5. The number of anilines is 1. The number of rotatable bonds is 4. The van der Waals surface area contributed by atoms with Gasteiger partial charge in [0.05, 0.1) is 24.5 Å². The topological polar surface area (TPSA) is 108 Å². The highest BCUT2D eigenvalue weighted by atomic mass is 19.4. The monoisotopic (exact) mass is 514 g/mol. The van der Waals surface area contributed by atoms with Gasteiger partial charge in [-0.2, -0.15) is 13.2 Å². The van der Waals surface area contributed by atoms with E-state index in [-0.39, 0.29) is 5.91 Å². The third kappa shape index (κ3) is 6.76. The highest BCUT2D eigenvalue weighted by molar-refractivity contribution is 5.97. The number of aromatic amines is 1. The fourth-order valence-corrected chi connectivity index (χ4v) is 3.98. The molecule has 37 heavy (non-hydrogen) atoms. The van der Waals surface area contributed by atoms with Crippen LogP contribution in [-0.4, -0.2) is 66.0 Å². The quantitative estimate of drug-likeness (QED) is 0.486. The number of aliphatic carboxylic acids is 1. The molecule has 0 saturated carbocycles. The Balaban J connectivity index is 0.000000405. The highest BCUT2D eigenvalue weighted by Gasteiger charge is 2.38. The van der Waals surface area contributed by atoms with Crippen LogP contribution >= 0.6 is 0 Å². The van der Waals surface area contributed by atoms with Gasteiger partial charge < -0.3 is 25.0 Å². The summed E-state index contributed by atoms with van der Waals surface area (Å²) in [7, 11) is 0. The lowest BCUT2D eigenvalue weighted by Gasteiger charge is -2.29. The summed E-state index contributed by atoms with van der Waals surface area (Å²) in [6.45, 7) is 4.09. The van der Waals surface area contributed by atoms with E-state index in [0.29, 0.717) is 6.54 Å². The number of fused-ring (bicyclic) bond motifs is 1. The Labute approximate surface area is 210 Å². The zero-order valence-electron chi connectivity index (χ0n) is 19.7. The number of aromatic nitrogens is 2. The molecular weight excluding hydrogens is 489 g/mol. The van der Waals surface area contributed by atoms with Crippen molar-refractivity contribution >= 4 is 29.7 Å². The average molecular weight is 515 g/mol. The molecule has 1 saturated heterocycles. The molecule has 2 aliphatic rings. The lowest BCUT2D eigenvalue weighted by Crippen LogP contribution is -2.36. The van der Waals surface area contributed by atoms with Crippen LogP contribution in [0.2, 0.25) is 0 Å². The number of halogens is 3. The Morgan fingerprint density at radius 1 is 1.11 bits per heavy atom. The SMILES string of the molecule is O=C(O)C(F)(F)F.O=C1NCCc2[nH]c(-c3ccnc(C=Cc4cccc(N5CCOCC5)c4)c3)cc21. The summed E-state index contributed by atoms with van der Waals surface area (Å²) in [5, 5.41) is 10.0. The summed E-state index contributed by atoms with van der Waals surface area (Å²) in [6, 6.07) is 14.5. The van der Waals surface area contributed by atoms with Crippen molar-refractivity contribution in [1.29, 1.82) is 0 Å². The minimum atomic E-state index is -5.08. The van der Waals surface area contributed by atoms with E-state index in [1.807, 2.05) is 24.3 Å². The summed E-state index contributed by atoms with van der Waals surface area (Å²) in [5.41, 5.74) is 6.95. The first-order valence-electron chi connectivity index (χ1n) is 11.6. The summed E-state index contributed by atoms with van der Waals surface area (Å²) in [5.74, 6) is -2.76. The van der Waals surface area contributed by atoms with Crippen molar-refractivity contribution in [2.75, 3.05) is 37.7 Å². The molecule has 0 bridgehead atoms.